The van der Waals surface area contributed by atoms with Crippen LogP contribution in [0.1, 0.15) is 355 Å². The van der Waals surface area contributed by atoms with Crippen molar-refractivity contribution >= 4 is 17.9 Å². The van der Waals surface area contributed by atoms with Crippen molar-refractivity contribution in [2.45, 2.75) is 361 Å². The fourth-order valence-corrected chi connectivity index (χ4v) is 10.2. The standard InChI is InChI=1S/C77H134O6/c1-4-7-10-13-16-19-22-25-27-29-30-31-32-33-34-35-36-37-38-39-40-41-42-43-44-45-46-48-49-52-55-58-61-64-67-70-76(79)82-73-74(72-81-75(78)69-66-63-60-57-54-51-24-21-18-15-12-9-6-3)83-77(80)71-68-65-62-59-56-53-50-47-28-26-23-20-17-14-11-8-5-2/h7,10,16,19,25-28,30-31,33-34,36-37,39-40,74H,4-6,8-9,11-15,17-18,20-24,29,32,35,38,41-73H2,1-3H3/b10-7-,19-16-,27-25-,28-26-,31-30-,34-33-,37-36-,40-39-. The second-order valence-electron chi connectivity index (χ2n) is 23.8. The van der Waals surface area contributed by atoms with Gasteiger partial charge in [-0.25, -0.2) is 0 Å². The third-order valence-corrected chi connectivity index (χ3v) is 15.6. The zero-order valence-corrected chi connectivity index (χ0v) is 54.9. The van der Waals surface area contributed by atoms with Gasteiger partial charge in [-0.05, 0) is 103 Å². The van der Waals surface area contributed by atoms with E-state index >= 15 is 0 Å². The molecule has 0 radical (unpaired) electrons. The quantitative estimate of drug-likeness (QED) is 0.0261. The van der Waals surface area contributed by atoms with Gasteiger partial charge >= 0.3 is 17.9 Å². The first-order chi connectivity index (χ1) is 41.0. The molecule has 0 fully saturated rings. The van der Waals surface area contributed by atoms with Crippen LogP contribution >= 0.6 is 0 Å². The van der Waals surface area contributed by atoms with Crippen molar-refractivity contribution in [2.24, 2.45) is 0 Å². The Morgan fingerprint density at radius 1 is 0.253 bits per heavy atom. The maximum atomic E-state index is 12.9. The fourth-order valence-electron chi connectivity index (χ4n) is 10.2. The van der Waals surface area contributed by atoms with Gasteiger partial charge in [0.15, 0.2) is 6.10 Å². The maximum absolute atomic E-state index is 12.9. The van der Waals surface area contributed by atoms with Crippen LogP contribution < -0.4 is 0 Å². The van der Waals surface area contributed by atoms with E-state index in [1.165, 1.54) is 212 Å². The predicted octanol–water partition coefficient (Wildman–Crippen LogP) is 24.8. The lowest BCUT2D eigenvalue weighted by Gasteiger charge is -2.18. The number of carbonyl (C=O) groups is 3. The minimum Gasteiger partial charge on any atom is -0.462 e. The largest absolute Gasteiger partial charge is 0.462 e. The van der Waals surface area contributed by atoms with Crippen LogP contribution in [0, 0.1) is 0 Å². The molecule has 0 saturated carbocycles. The number of rotatable bonds is 65. The first kappa shape index (κ1) is 79.3. The van der Waals surface area contributed by atoms with E-state index in [4.69, 9.17) is 14.2 Å². The summed E-state index contributed by atoms with van der Waals surface area (Å²) in [5.74, 6) is -0.861. The summed E-state index contributed by atoms with van der Waals surface area (Å²) in [6, 6.07) is 0. The molecule has 6 nitrogen and oxygen atoms in total. The number of esters is 3. The fraction of sp³-hybridized carbons (Fsp3) is 0.753. The Kier molecular flexibility index (Phi) is 67.7. The molecule has 478 valence electrons. The molecule has 0 bridgehead atoms. The van der Waals surface area contributed by atoms with Crippen LogP contribution in [-0.2, 0) is 28.6 Å². The first-order valence-corrected chi connectivity index (χ1v) is 35.7. The predicted molar refractivity (Wildman–Crippen MR) is 362 cm³/mol. The smallest absolute Gasteiger partial charge is 0.306 e. The summed E-state index contributed by atoms with van der Waals surface area (Å²) in [7, 11) is 0. The van der Waals surface area contributed by atoms with E-state index in [1.807, 2.05) is 0 Å². The van der Waals surface area contributed by atoms with E-state index in [0.717, 1.165) is 103 Å². The first-order valence-electron chi connectivity index (χ1n) is 35.7. The molecular formula is C77H134O6. The molecule has 0 aliphatic heterocycles. The van der Waals surface area contributed by atoms with Crippen molar-refractivity contribution in [2.75, 3.05) is 13.2 Å². The summed E-state index contributed by atoms with van der Waals surface area (Å²) in [6.07, 6.45) is 95.8. The van der Waals surface area contributed by atoms with E-state index in [1.54, 1.807) is 0 Å². The molecule has 0 amide bonds. The van der Waals surface area contributed by atoms with Crippen molar-refractivity contribution in [3.8, 4) is 0 Å². The Hall–Kier alpha value is -3.67. The Labute approximate surface area is 515 Å². The maximum Gasteiger partial charge on any atom is 0.306 e. The van der Waals surface area contributed by atoms with Crippen molar-refractivity contribution in [1.29, 1.82) is 0 Å². The summed E-state index contributed by atoms with van der Waals surface area (Å²) < 4.78 is 17.0. The van der Waals surface area contributed by atoms with Crippen LogP contribution in [0.15, 0.2) is 97.2 Å². The molecule has 1 atom stereocenters. The van der Waals surface area contributed by atoms with Crippen LogP contribution in [0.5, 0.6) is 0 Å². The Morgan fingerprint density at radius 3 is 0.747 bits per heavy atom. The number of ether oxygens (including phenoxy) is 3. The molecule has 0 aliphatic rings. The molecule has 0 N–H and O–H groups in total. The highest BCUT2D eigenvalue weighted by Crippen LogP contribution is 2.17. The van der Waals surface area contributed by atoms with Crippen LogP contribution in [0.4, 0.5) is 0 Å². The molecular weight excluding hydrogens is 1020 g/mol. The topological polar surface area (TPSA) is 78.9 Å². The van der Waals surface area contributed by atoms with Gasteiger partial charge in [0.25, 0.3) is 0 Å². The molecule has 0 aromatic rings. The zero-order valence-electron chi connectivity index (χ0n) is 54.9. The van der Waals surface area contributed by atoms with Gasteiger partial charge in [-0.2, -0.15) is 0 Å². The van der Waals surface area contributed by atoms with Crippen molar-refractivity contribution in [3.05, 3.63) is 97.2 Å². The number of carbonyl (C=O) groups excluding carboxylic acids is 3. The average molecular weight is 1160 g/mol. The third-order valence-electron chi connectivity index (χ3n) is 15.6. The Bertz CT molecular complexity index is 1610. The highest BCUT2D eigenvalue weighted by Gasteiger charge is 2.19. The highest BCUT2D eigenvalue weighted by atomic mass is 16.6. The molecule has 83 heavy (non-hydrogen) atoms. The van der Waals surface area contributed by atoms with E-state index in [-0.39, 0.29) is 31.1 Å². The Morgan fingerprint density at radius 2 is 0.470 bits per heavy atom. The summed E-state index contributed by atoms with van der Waals surface area (Å²) in [4.78, 5) is 38.4. The lowest BCUT2D eigenvalue weighted by atomic mass is 10.0. The third kappa shape index (κ3) is 69.0. The van der Waals surface area contributed by atoms with Crippen LogP contribution in [0.3, 0.4) is 0 Å². The molecule has 0 aromatic carbocycles. The van der Waals surface area contributed by atoms with Gasteiger partial charge in [0, 0.05) is 19.3 Å². The van der Waals surface area contributed by atoms with Crippen LogP contribution in [0.2, 0.25) is 0 Å². The van der Waals surface area contributed by atoms with Gasteiger partial charge in [-0.3, -0.25) is 14.4 Å². The molecule has 6 heteroatoms. The van der Waals surface area contributed by atoms with Gasteiger partial charge < -0.3 is 14.2 Å². The van der Waals surface area contributed by atoms with E-state index in [0.29, 0.717) is 19.3 Å². The zero-order chi connectivity index (χ0) is 59.9. The summed E-state index contributed by atoms with van der Waals surface area (Å²) in [5, 5.41) is 0. The molecule has 0 aliphatic carbocycles. The SMILES string of the molecule is CC/C=C\C/C=C\C/C=C\C/C=C\C/C=C\C/C=C\C/C=C\CCCCCCCCCCCCCCCC(=O)OCC(COC(=O)CCCCCCCCCCCCCCC)OC(=O)CCCCCCCCC/C=C\CCCCCCCC. The van der Waals surface area contributed by atoms with Crippen molar-refractivity contribution in [1.82, 2.24) is 0 Å². The van der Waals surface area contributed by atoms with Crippen molar-refractivity contribution in [3.63, 3.8) is 0 Å². The highest BCUT2D eigenvalue weighted by molar-refractivity contribution is 5.71. The van der Waals surface area contributed by atoms with Gasteiger partial charge in [-0.1, -0.05) is 330 Å². The lowest BCUT2D eigenvalue weighted by molar-refractivity contribution is -0.167. The van der Waals surface area contributed by atoms with Gasteiger partial charge in [-0.15, -0.1) is 0 Å². The summed E-state index contributed by atoms with van der Waals surface area (Å²) >= 11 is 0. The molecule has 0 rings (SSSR count). The van der Waals surface area contributed by atoms with E-state index < -0.39 is 6.10 Å². The monoisotopic (exact) mass is 1160 g/mol. The molecule has 0 heterocycles. The number of allylic oxidation sites excluding steroid dienone is 16. The van der Waals surface area contributed by atoms with E-state index in [9.17, 15) is 14.4 Å². The average Bonchev–Trinajstić information content (AvgIpc) is 3.49. The van der Waals surface area contributed by atoms with Gasteiger partial charge in [0.05, 0.1) is 0 Å². The molecule has 0 spiro atoms. The minimum absolute atomic E-state index is 0.0737. The van der Waals surface area contributed by atoms with Gasteiger partial charge in [0.2, 0.25) is 0 Å². The van der Waals surface area contributed by atoms with Crippen LogP contribution in [0.25, 0.3) is 0 Å². The number of hydrogen-bond donors (Lipinski definition) is 0. The van der Waals surface area contributed by atoms with Crippen molar-refractivity contribution < 1.29 is 28.6 Å². The molecule has 0 aromatic heterocycles. The van der Waals surface area contributed by atoms with Gasteiger partial charge in [0.1, 0.15) is 13.2 Å². The van der Waals surface area contributed by atoms with E-state index in [2.05, 4.69) is 118 Å². The molecule has 0 saturated heterocycles. The molecule has 1 unspecified atom stereocenters. The Balaban J connectivity index is 4.18. The number of hydrogen-bond acceptors (Lipinski definition) is 6. The summed E-state index contributed by atoms with van der Waals surface area (Å²) in [5.41, 5.74) is 0. The normalized spacial score (nSPS) is 12.7. The minimum atomic E-state index is -0.778. The second-order valence-corrected chi connectivity index (χ2v) is 23.8. The second kappa shape index (κ2) is 70.8. The summed E-state index contributed by atoms with van der Waals surface area (Å²) in [6.45, 7) is 6.56. The number of unbranched alkanes of at least 4 members (excludes halogenated alkanes) is 38. The van der Waals surface area contributed by atoms with Crippen LogP contribution in [-0.4, -0.2) is 37.2 Å². The lowest BCUT2D eigenvalue weighted by Crippen LogP contribution is -2.30.